The van der Waals surface area contributed by atoms with Crippen LogP contribution in [0, 0.1) is 0 Å². The summed E-state index contributed by atoms with van der Waals surface area (Å²) < 4.78 is 32.6. The lowest BCUT2D eigenvalue weighted by Crippen LogP contribution is -2.20. The molecule has 29 heavy (non-hydrogen) atoms. The third kappa shape index (κ3) is 6.20. The summed E-state index contributed by atoms with van der Waals surface area (Å²) in [5.41, 5.74) is 1.01. The van der Waals surface area contributed by atoms with Gasteiger partial charge in [0.05, 0.1) is 5.75 Å². The summed E-state index contributed by atoms with van der Waals surface area (Å²) in [6.07, 6.45) is 0.540. The van der Waals surface area contributed by atoms with E-state index in [0.717, 1.165) is 15.2 Å². The third-order valence-corrected chi connectivity index (χ3v) is 6.04. The molecule has 0 radical (unpaired) electrons. The number of sulfonamides is 1. The van der Waals surface area contributed by atoms with Crippen molar-refractivity contribution in [3.8, 4) is 5.75 Å². The van der Waals surface area contributed by atoms with Gasteiger partial charge in [0.25, 0.3) is 5.91 Å². The molecule has 0 spiro atoms. The first-order valence-electron chi connectivity index (χ1n) is 9.07. The van der Waals surface area contributed by atoms with Crippen LogP contribution in [0.5, 0.6) is 5.75 Å². The number of fused-ring (bicyclic) bond motifs is 1. The molecule has 0 aliphatic rings. The van der Waals surface area contributed by atoms with Crippen LogP contribution in [0.1, 0.15) is 13.3 Å². The fourth-order valence-corrected chi connectivity index (χ4v) is 4.26. The number of rotatable bonds is 8. The summed E-state index contributed by atoms with van der Waals surface area (Å²) in [5, 5.41) is 4.82. The van der Waals surface area contributed by atoms with Crippen LogP contribution in [0.25, 0.3) is 10.8 Å². The van der Waals surface area contributed by atoms with E-state index in [1.807, 2.05) is 36.4 Å². The fraction of sp³-hybridized carbons (Fsp3) is 0.190. The molecule has 0 saturated carbocycles. The van der Waals surface area contributed by atoms with Crippen molar-refractivity contribution in [2.45, 2.75) is 13.3 Å². The molecule has 3 aromatic rings. The number of hydrogen-bond acceptors (Lipinski definition) is 4. The second-order valence-electron chi connectivity index (χ2n) is 6.49. The highest BCUT2D eigenvalue weighted by Gasteiger charge is 2.09. The van der Waals surface area contributed by atoms with Gasteiger partial charge in [-0.1, -0.05) is 35.0 Å². The number of anilines is 2. The van der Waals surface area contributed by atoms with Crippen molar-refractivity contribution < 1.29 is 17.9 Å². The summed E-state index contributed by atoms with van der Waals surface area (Å²) in [5.74, 6) is 0.366. The van der Waals surface area contributed by atoms with Gasteiger partial charge in [0.2, 0.25) is 10.0 Å². The topological polar surface area (TPSA) is 84.5 Å². The predicted molar refractivity (Wildman–Crippen MR) is 120 cm³/mol. The number of ether oxygens (including phenoxy) is 1. The standard InChI is InChI=1S/C21H21BrN2O4S/c1-2-11-29(26,27)24-19-8-6-18(7-9-19)23-21(25)14-28-20-10-4-15-12-17(22)5-3-16(15)13-20/h3-10,12-13,24H,2,11,14H2,1H3,(H,23,25). The number of halogens is 1. The van der Waals surface area contributed by atoms with E-state index in [1.165, 1.54) is 0 Å². The first kappa shape index (κ1) is 21.1. The Bertz CT molecular complexity index is 1120. The van der Waals surface area contributed by atoms with Crippen molar-refractivity contribution in [3.05, 3.63) is 65.1 Å². The van der Waals surface area contributed by atoms with Crippen molar-refractivity contribution in [1.82, 2.24) is 0 Å². The van der Waals surface area contributed by atoms with Crippen molar-refractivity contribution in [1.29, 1.82) is 0 Å². The smallest absolute Gasteiger partial charge is 0.262 e. The average Bonchev–Trinajstić information content (AvgIpc) is 2.67. The highest BCUT2D eigenvalue weighted by Crippen LogP contribution is 2.24. The molecule has 0 bridgehead atoms. The predicted octanol–water partition coefficient (Wildman–Crippen LogP) is 4.77. The average molecular weight is 477 g/mol. The normalized spacial score (nSPS) is 11.2. The van der Waals surface area contributed by atoms with Gasteiger partial charge in [0.15, 0.2) is 6.61 Å². The minimum absolute atomic E-state index is 0.0644. The maximum Gasteiger partial charge on any atom is 0.262 e. The monoisotopic (exact) mass is 476 g/mol. The lowest BCUT2D eigenvalue weighted by Gasteiger charge is -2.10. The number of carbonyl (C=O) groups is 1. The lowest BCUT2D eigenvalue weighted by atomic mass is 10.1. The molecule has 0 fully saturated rings. The molecule has 8 heteroatoms. The van der Waals surface area contributed by atoms with Crippen molar-refractivity contribution in [2.24, 2.45) is 0 Å². The SMILES string of the molecule is CCCS(=O)(=O)Nc1ccc(NC(=O)COc2ccc3cc(Br)ccc3c2)cc1. The van der Waals surface area contributed by atoms with Crippen LogP contribution >= 0.6 is 15.9 Å². The van der Waals surface area contributed by atoms with Crippen molar-refractivity contribution >= 4 is 54.0 Å². The minimum atomic E-state index is -3.34. The molecular weight excluding hydrogens is 456 g/mol. The Morgan fingerprint density at radius 2 is 1.62 bits per heavy atom. The largest absolute Gasteiger partial charge is 0.484 e. The number of nitrogens with one attached hydrogen (secondary N) is 2. The molecule has 2 N–H and O–H groups in total. The van der Waals surface area contributed by atoms with Crippen molar-refractivity contribution in [3.63, 3.8) is 0 Å². The van der Waals surface area contributed by atoms with E-state index in [9.17, 15) is 13.2 Å². The molecule has 152 valence electrons. The summed E-state index contributed by atoms with van der Waals surface area (Å²) >= 11 is 3.44. The molecule has 0 aliphatic carbocycles. The Balaban J connectivity index is 1.55. The van der Waals surface area contributed by atoms with E-state index >= 15 is 0 Å². The Labute approximate surface area is 178 Å². The molecular formula is C21H21BrN2O4S. The van der Waals surface area contributed by atoms with Gasteiger partial charge < -0.3 is 10.1 Å². The zero-order valence-electron chi connectivity index (χ0n) is 15.8. The molecule has 0 saturated heterocycles. The summed E-state index contributed by atoms with van der Waals surface area (Å²) in [7, 11) is -3.34. The molecule has 0 heterocycles. The summed E-state index contributed by atoms with van der Waals surface area (Å²) in [6.45, 7) is 1.67. The van der Waals surface area contributed by atoms with Gasteiger partial charge in [0, 0.05) is 15.8 Å². The zero-order valence-corrected chi connectivity index (χ0v) is 18.2. The highest BCUT2D eigenvalue weighted by molar-refractivity contribution is 9.10. The second-order valence-corrected chi connectivity index (χ2v) is 9.25. The maximum absolute atomic E-state index is 12.1. The lowest BCUT2D eigenvalue weighted by molar-refractivity contribution is -0.118. The van der Waals surface area contributed by atoms with Gasteiger partial charge >= 0.3 is 0 Å². The van der Waals surface area contributed by atoms with E-state index in [4.69, 9.17) is 4.74 Å². The van der Waals surface area contributed by atoms with Crippen LogP contribution in [0.4, 0.5) is 11.4 Å². The Morgan fingerprint density at radius 1 is 0.966 bits per heavy atom. The second kappa shape index (κ2) is 9.28. The van der Waals surface area contributed by atoms with Gasteiger partial charge in [-0.05, 0) is 65.7 Å². The van der Waals surface area contributed by atoms with E-state index < -0.39 is 10.0 Å². The Morgan fingerprint density at radius 3 is 2.34 bits per heavy atom. The fourth-order valence-electron chi connectivity index (χ4n) is 2.75. The molecule has 0 atom stereocenters. The first-order valence-corrected chi connectivity index (χ1v) is 11.5. The van der Waals surface area contributed by atoms with Crippen LogP contribution in [-0.2, 0) is 14.8 Å². The highest BCUT2D eigenvalue weighted by atomic mass is 79.9. The van der Waals surface area contributed by atoms with E-state index in [-0.39, 0.29) is 18.3 Å². The van der Waals surface area contributed by atoms with Crippen LogP contribution in [-0.4, -0.2) is 26.7 Å². The molecule has 0 aliphatic heterocycles. The van der Waals surface area contributed by atoms with E-state index in [0.29, 0.717) is 23.5 Å². The molecule has 1 amide bonds. The number of hydrogen-bond donors (Lipinski definition) is 2. The molecule has 0 unspecified atom stereocenters. The van der Waals surface area contributed by atoms with Gasteiger partial charge in [0.1, 0.15) is 5.75 Å². The van der Waals surface area contributed by atoms with Crippen molar-refractivity contribution in [2.75, 3.05) is 22.4 Å². The van der Waals surface area contributed by atoms with Gasteiger partial charge in [-0.3, -0.25) is 9.52 Å². The minimum Gasteiger partial charge on any atom is -0.484 e. The van der Waals surface area contributed by atoms with Gasteiger partial charge in [-0.2, -0.15) is 0 Å². The van der Waals surface area contributed by atoms with Crippen LogP contribution < -0.4 is 14.8 Å². The molecule has 3 rings (SSSR count). The van der Waals surface area contributed by atoms with Crippen LogP contribution in [0.15, 0.2) is 65.1 Å². The maximum atomic E-state index is 12.1. The quantitative estimate of drug-likeness (QED) is 0.490. The number of benzene rings is 3. The number of amides is 1. The first-order chi connectivity index (χ1) is 13.8. The van der Waals surface area contributed by atoms with E-state index in [2.05, 4.69) is 26.0 Å². The van der Waals surface area contributed by atoms with E-state index in [1.54, 1.807) is 31.2 Å². The summed E-state index contributed by atoms with van der Waals surface area (Å²) in [6, 6.07) is 18.0. The summed E-state index contributed by atoms with van der Waals surface area (Å²) in [4.78, 5) is 12.1. The number of carbonyl (C=O) groups excluding carboxylic acids is 1. The zero-order chi connectivity index (χ0) is 20.9. The Hall–Kier alpha value is -2.58. The third-order valence-electron chi connectivity index (χ3n) is 4.06. The van der Waals surface area contributed by atoms with Gasteiger partial charge in [-0.15, -0.1) is 0 Å². The molecule has 6 nitrogen and oxygen atoms in total. The van der Waals surface area contributed by atoms with Crippen LogP contribution in [0.3, 0.4) is 0 Å². The molecule has 3 aromatic carbocycles. The van der Waals surface area contributed by atoms with Gasteiger partial charge in [-0.25, -0.2) is 8.42 Å². The molecule has 0 aromatic heterocycles. The Kier molecular flexibility index (Phi) is 6.76. The van der Waals surface area contributed by atoms with Crippen LogP contribution in [0.2, 0.25) is 0 Å².